The van der Waals surface area contributed by atoms with E-state index in [0.717, 1.165) is 17.9 Å². The number of hydrogen-bond donors (Lipinski definition) is 0. The normalized spacial score (nSPS) is 15.3. The molecule has 0 N–H and O–H groups in total. The van der Waals surface area contributed by atoms with E-state index in [0.29, 0.717) is 0 Å². The van der Waals surface area contributed by atoms with Gasteiger partial charge in [-0.05, 0) is 58.8 Å². The first-order valence-electron chi connectivity index (χ1n) is 14.1. The predicted molar refractivity (Wildman–Crippen MR) is 171 cm³/mol. The minimum Gasteiger partial charge on any atom is -0.449 e. The second-order valence-electron chi connectivity index (χ2n) is 14.9. The predicted octanol–water partition coefficient (Wildman–Crippen LogP) is 10.6. The van der Waals surface area contributed by atoms with Crippen LogP contribution >= 0.6 is 18.1 Å². The topological polar surface area (TPSA) is 36.9 Å². The van der Waals surface area contributed by atoms with E-state index in [9.17, 15) is 0 Å². The lowest BCUT2D eigenvalue weighted by Gasteiger charge is -2.27. The average Bonchev–Trinajstić information content (AvgIpc) is 2.76. The van der Waals surface area contributed by atoms with E-state index in [1.165, 1.54) is 22.3 Å². The molecule has 4 nitrogen and oxygen atoms in total. The number of hydrogen-bond acceptors (Lipinski definition) is 4. The van der Waals surface area contributed by atoms with E-state index in [2.05, 4.69) is 133 Å². The highest BCUT2D eigenvalue weighted by Gasteiger charge is 2.25. The van der Waals surface area contributed by atoms with Crippen LogP contribution in [0.3, 0.4) is 0 Å². The van der Waals surface area contributed by atoms with Gasteiger partial charge >= 0.3 is 0 Å². The van der Waals surface area contributed by atoms with Crippen molar-refractivity contribution in [3.63, 3.8) is 0 Å². The zero-order chi connectivity index (χ0) is 29.8. The van der Waals surface area contributed by atoms with Gasteiger partial charge < -0.3 is 18.1 Å². The highest BCUT2D eigenvalue weighted by Crippen LogP contribution is 2.40. The van der Waals surface area contributed by atoms with Crippen molar-refractivity contribution in [1.29, 1.82) is 0 Å². The van der Waals surface area contributed by atoms with E-state index in [1.54, 1.807) is 0 Å². The third kappa shape index (κ3) is 10.6. The quantitative estimate of drug-likeness (QED) is 0.264. The lowest BCUT2D eigenvalue weighted by Crippen LogP contribution is -2.17. The third-order valence-corrected chi connectivity index (χ3v) is 8.38. The Balaban J connectivity index is 1.90. The van der Waals surface area contributed by atoms with Crippen LogP contribution in [0.25, 0.3) is 0 Å². The summed E-state index contributed by atoms with van der Waals surface area (Å²) in [7, 11) is -0.141. The van der Waals surface area contributed by atoms with Crippen LogP contribution in [0.4, 0.5) is 0 Å². The molecule has 0 bridgehead atoms. The molecule has 39 heavy (non-hydrogen) atoms. The summed E-state index contributed by atoms with van der Waals surface area (Å²) in [6.45, 7) is 30.9. The molecule has 2 aromatic rings. The van der Waals surface area contributed by atoms with Gasteiger partial charge in [0.1, 0.15) is 11.5 Å². The van der Waals surface area contributed by atoms with Gasteiger partial charge in [0.2, 0.25) is 18.1 Å². The zero-order valence-electron chi connectivity index (χ0n) is 27.0. The van der Waals surface area contributed by atoms with Crippen LogP contribution in [0.1, 0.15) is 126 Å². The Morgan fingerprint density at radius 3 is 1.15 bits per heavy atom. The van der Waals surface area contributed by atoms with E-state index in [4.69, 9.17) is 18.1 Å². The summed E-state index contributed by atoms with van der Waals surface area (Å²) in [4.78, 5) is 0. The first-order chi connectivity index (χ1) is 17.7. The summed E-state index contributed by atoms with van der Waals surface area (Å²) in [5, 5.41) is 0. The van der Waals surface area contributed by atoms with Crippen LogP contribution in [0.2, 0.25) is 0 Å². The molecule has 2 aromatic carbocycles. The molecule has 0 radical (unpaired) electrons. The molecular weight excluding hydrogens is 522 g/mol. The molecule has 0 aromatic heterocycles. The number of benzene rings is 2. The maximum atomic E-state index is 6.14. The van der Waals surface area contributed by atoms with Crippen molar-refractivity contribution in [2.75, 3.05) is 0 Å². The largest absolute Gasteiger partial charge is 0.449 e. The Hall–Kier alpha value is -1.18. The monoisotopic (exact) mass is 576 g/mol. The van der Waals surface area contributed by atoms with Crippen molar-refractivity contribution in [2.45, 2.75) is 137 Å². The molecule has 6 heteroatoms. The van der Waals surface area contributed by atoms with Crippen molar-refractivity contribution < 1.29 is 18.1 Å². The first-order valence-corrected chi connectivity index (χ1v) is 15.8. The Kier molecular flexibility index (Phi) is 11.5. The molecule has 4 atom stereocenters. The summed E-state index contributed by atoms with van der Waals surface area (Å²) in [6, 6.07) is 13.1. The summed E-state index contributed by atoms with van der Waals surface area (Å²) in [6.07, 6.45) is 0.772. The molecule has 0 saturated heterocycles. The van der Waals surface area contributed by atoms with E-state index >= 15 is 0 Å². The van der Waals surface area contributed by atoms with Gasteiger partial charge in [-0.1, -0.05) is 107 Å². The molecule has 0 aliphatic heterocycles. The molecule has 0 aliphatic rings. The fourth-order valence-corrected chi connectivity index (χ4v) is 5.36. The molecular formula is C33H54O4P2. The second kappa shape index (κ2) is 13.2. The summed E-state index contributed by atoms with van der Waals surface area (Å²) in [5.41, 5.74) is 5.19. The summed E-state index contributed by atoms with van der Waals surface area (Å²) in [5.74, 6) is 1.79. The standard InChI is InChI=1S/C33H54O4P2/c1-22(34-38-36-28-17-15-24(30(3,4)5)20-26(28)32(9,10)11)19-23(2)35-39-37-29-18-16-25(31(6,7)8)21-27(29)33(12,13)14/h15-18,20-23,38-39H,19H2,1-14H3. The molecule has 0 heterocycles. The van der Waals surface area contributed by atoms with Gasteiger partial charge in [0.05, 0.1) is 12.2 Å². The summed E-state index contributed by atoms with van der Waals surface area (Å²) >= 11 is 0. The van der Waals surface area contributed by atoms with Crippen molar-refractivity contribution in [1.82, 2.24) is 0 Å². The van der Waals surface area contributed by atoms with E-state index < -0.39 is 0 Å². The van der Waals surface area contributed by atoms with E-state index in [1.807, 2.05) is 0 Å². The molecule has 0 amide bonds. The maximum Gasteiger partial charge on any atom is 0.215 e. The SMILES string of the molecule is CC(CC(C)OPOc1ccc(C(C)(C)C)cc1C(C)(C)C)OPOc1ccc(C(C)(C)C)cc1C(C)(C)C. The molecule has 2 rings (SSSR count). The molecule has 0 spiro atoms. The highest BCUT2D eigenvalue weighted by atomic mass is 31.1. The first kappa shape index (κ1) is 34.0. The lowest BCUT2D eigenvalue weighted by atomic mass is 9.80. The average molecular weight is 577 g/mol. The third-order valence-electron chi connectivity index (χ3n) is 6.77. The van der Waals surface area contributed by atoms with Crippen molar-refractivity contribution >= 4 is 18.1 Å². The second-order valence-corrected chi connectivity index (χ2v) is 16.1. The Morgan fingerprint density at radius 2 is 0.872 bits per heavy atom. The molecule has 220 valence electrons. The van der Waals surface area contributed by atoms with Crippen molar-refractivity contribution in [3.8, 4) is 11.5 Å². The van der Waals surface area contributed by atoms with Gasteiger partial charge in [0, 0.05) is 17.5 Å². The Bertz CT molecular complexity index is 984. The smallest absolute Gasteiger partial charge is 0.215 e. The van der Waals surface area contributed by atoms with Gasteiger partial charge in [-0.3, -0.25) is 0 Å². The highest BCUT2D eigenvalue weighted by molar-refractivity contribution is 7.27. The van der Waals surface area contributed by atoms with Crippen LogP contribution in [-0.2, 0) is 30.7 Å². The zero-order valence-corrected chi connectivity index (χ0v) is 29.0. The maximum absolute atomic E-state index is 6.14. The van der Waals surface area contributed by atoms with Crippen LogP contribution < -0.4 is 9.05 Å². The van der Waals surface area contributed by atoms with Crippen LogP contribution in [-0.4, -0.2) is 12.2 Å². The molecule has 4 unspecified atom stereocenters. The van der Waals surface area contributed by atoms with Gasteiger partial charge in [-0.2, -0.15) is 0 Å². The van der Waals surface area contributed by atoms with E-state index in [-0.39, 0.29) is 51.9 Å². The Morgan fingerprint density at radius 1 is 0.538 bits per heavy atom. The minimum atomic E-state index is -0.0707. The van der Waals surface area contributed by atoms with Gasteiger partial charge in [0.25, 0.3) is 0 Å². The van der Waals surface area contributed by atoms with Crippen LogP contribution in [0.5, 0.6) is 11.5 Å². The van der Waals surface area contributed by atoms with Crippen molar-refractivity contribution in [2.24, 2.45) is 0 Å². The minimum absolute atomic E-state index is 0.00581. The number of rotatable bonds is 10. The van der Waals surface area contributed by atoms with Crippen molar-refractivity contribution in [3.05, 3.63) is 58.7 Å². The summed E-state index contributed by atoms with van der Waals surface area (Å²) < 4.78 is 24.4. The van der Waals surface area contributed by atoms with Crippen LogP contribution in [0.15, 0.2) is 36.4 Å². The fraction of sp³-hybridized carbons (Fsp3) is 0.636. The van der Waals surface area contributed by atoms with Crippen LogP contribution in [0, 0.1) is 0 Å². The fourth-order valence-electron chi connectivity index (χ4n) is 4.21. The molecule has 0 fully saturated rings. The van der Waals surface area contributed by atoms with Gasteiger partial charge in [-0.15, -0.1) is 0 Å². The molecule has 0 aliphatic carbocycles. The Labute approximate surface area is 243 Å². The van der Waals surface area contributed by atoms with Gasteiger partial charge in [0.15, 0.2) is 0 Å². The van der Waals surface area contributed by atoms with Gasteiger partial charge in [-0.25, -0.2) is 0 Å². The lowest BCUT2D eigenvalue weighted by molar-refractivity contribution is 0.143. The molecule has 0 saturated carbocycles.